The van der Waals surface area contributed by atoms with Crippen LogP contribution in [0.25, 0.3) is 0 Å². The molecule has 1 aromatic rings. The van der Waals surface area contributed by atoms with Gasteiger partial charge in [0.25, 0.3) is 0 Å². The lowest BCUT2D eigenvalue weighted by Gasteiger charge is -2.53. The molecule has 17 nitrogen and oxygen atoms in total. The van der Waals surface area contributed by atoms with Crippen molar-refractivity contribution in [1.82, 2.24) is 25.2 Å². The number of ether oxygens (including phenoxy) is 6. The molecule has 1 aromatic heterocycles. The minimum atomic E-state index is -1.83. The third kappa shape index (κ3) is 10.4. The van der Waals surface area contributed by atoms with Crippen molar-refractivity contribution in [3.8, 4) is 0 Å². The molecule has 0 bridgehead atoms. The average molecular weight is 816 g/mol. The first kappa shape index (κ1) is 47.8. The third-order valence-electron chi connectivity index (χ3n) is 13.1. The first-order chi connectivity index (χ1) is 26.4. The zero-order valence-electron chi connectivity index (χ0n) is 36.4. The molecule has 18 atom stereocenters. The first-order valence-corrected chi connectivity index (χ1v) is 20.6. The van der Waals surface area contributed by atoms with E-state index >= 15 is 0 Å². The van der Waals surface area contributed by atoms with E-state index in [0.717, 1.165) is 0 Å². The quantitative estimate of drug-likeness (QED) is 0.193. The lowest BCUT2D eigenvalue weighted by molar-refractivity contribution is -0.340. The van der Waals surface area contributed by atoms with Crippen molar-refractivity contribution in [2.24, 2.45) is 17.8 Å². The summed E-state index contributed by atoms with van der Waals surface area (Å²) in [4.78, 5) is 16.3. The summed E-state index contributed by atoms with van der Waals surface area (Å²) in [6.45, 7) is 17.8. The molecule has 3 aliphatic heterocycles. The van der Waals surface area contributed by atoms with E-state index in [1.165, 1.54) is 24.9 Å². The Bertz CT molecular complexity index is 1420. The number of methoxy groups -OCH3 is 1. The van der Waals surface area contributed by atoms with Gasteiger partial charge >= 0.3 is 5.97 Å². The van der Waals surface area contributed by atoms with Crippen LogP contribution in [-0.4, -0.2) is 169 Å². The van der Waals surface area contributed by atoms with Crippen LogP contribution < -0.4 is 5.32 Å². The van der Waals surface area contributed by atoms with E-state index < -0.39 is 95.5 Å². The number of esters is 1. The van der Waals surface area contributed by atoms with Crippen molar-refractivity contribution in [3.05, 3.63) is 12.4 Å². The van der Waals surface area contributed by atoms with Gasteiger partial charge in [-0.15, -0.1) is 5.10 Å². The molecule has 0 aromatic carbocycles. The minimum Gasteiger partial charge on any atom is -0.459 e. The Hall–Kier alpha value is -1.87. The molecule has 17 heteroatoms. The van der Waals surface area contributed by atoms with E-state index in [-0.39, 0.29) is 43.9 Å². The van der Waals surface area contributed by atoms with Crippen LogP contribution in [-0.2, 0) is 39.8 Å². The van der Waals surface area contributed by atoms with Crippen LogP contribution in [0.4, 0.5) is 0 Å². The van der Waals surface area contributed by atoms with Gasteiger partial charge in [0.2, 0.25) is 0 Å². The van der Waals surface area contributed by atoms with Crippen molar-refractivity contribution in [2.45, 2.75) is 191 Å². The molecule has 57 heavy (non-hydrogen) atoms. The maximum Gasteiger partial charge on any atom is 0.311 e. The molecule has 4 heterocycles. The standard InChI is InChI=1S/C40H73N5O12/c1-14-29-39(10,50)33(47)26(6)41-20-22(2)18-37(8,49)34(57-36-31(46)28(44(11)12)17-23(3)53-36)24(4)32(25(5)35(48)55-29)56-30-19-38(9,52-13)40(51,27(7)54-30)21-45-16-15-42-43-45/h15-16,22-34,36,41,46-47,49-51H,14,17-21H2,1-13H3/t22-,23-,24+,25-,26-,27+,28+,29?,30+,31-,32+,33-,34-,36+,37-,38-,39-,40-/m1/s1. The smallest absolute Gasteiger partial charge is 0.311 e. The summed E-state index contributed by atoms with van der Waals surface area (Å²) in [5.41, 5.74) is -6.25. The molecule has 3 fully saturated rings. The van der Waals surface area contributed by atoms with Crippen molar-refractivity contribution in [2.75, 3.05) is 27.7 Å². The minimum absolute atomic E-state index is 0.0124. The largest absolute Gasteiger partial charge is 0.459 e. The number of nitrogens with one attached hydrogen (secondary N) is 1. The Kier molecular flexibility index (Phi) is 15.8. The van der Waals surface area contributed by atoms with E-state index in [0.29, 0.717) is 13.0 Å². The summed E-state index contributed by atoms with van der Waals surface area (Å²) in [7, 11) is 5.25. The van der Waals surface area contributed by atoms with Crippen molar-refractivity contribution < 1.29 is 58.7 Å². The Morgan fingerprint density at radius 3 is 2.26 bits per heavy atom. The predicted molar refractivity (Wildman–Crippen MR) is 209 cm³/mol. The summed E-state index contributed by atoms with van der Waals surface area (Å²) in [5.74, 6) is -2.76. The van der Waals surface area contributed by atoms with Crippen LogP contribution in [0.15, 0.2) is 12.4 Å². The molecule has 0 radical (unpaired) electrons. The lowest BCUT2D eigenvalue weighted by Crippen LogP contribution is -2.68. The maximum atomic E-state index is 14.3. The van der Waals surface area contributed by atoms with Crippen molar-refractivity contribution >= 4 is 5.97 Å². The molecule has 0 amide bonds. The van der Waals surface area contributed by atoms with Crippen LogP contribution in [0.3, 0.4) is 0 Å². The number of hydrogen-bond acceptors (Lipinski definition) is 16. The lowest BCUT2D eigenvalue weighted by atomic mass is 9.75. The highest BCUT2D eigenvalue weighted by Crippen LogP contribution is 2.44. The van der Waals surface area contributed by atoms with Crippen LogP contribution in [0.2, 0.25) is 0 Å². The number of aliphatic hydroxyl groups excluding tert-OH is 2. The van der Waals surface area contributed by atoms with Crippen molar-refractivity contribution in [3.63, 3.8) is 0 Å². The van der Waals surface area contributed by atoms with Crippen LogP contribution in [0.5, 0.6) is 0 Å². The van der Waals surface area contributed by atoms with Crippen LogP contribution in [0, 0.1) is 17.8 Å². The number of aliphatic hydroxyl groups is 5. The zero-order chi connectivity index (χ0) is 42.8. The third-order valence-corrected chi connectivity index (χ3v) is 13.1. The van der Waals surface area contributed by atoms with E-state index in [4.69, 9.17) is 28.4 Å². The SMILES string of the molecule is CCC1OC(=O)[C@H](C)[C@@H](O[C@H]2C[C@@](C)(OC)[C@@](O)(Cn3ccnn3)[C@H](C)O2)[C@H](C)[C@@H](O[C@@H]2O[C@H](C)C[C@H](N(C)C)[C@H]2O)[C@](C)(O)C[C@@H](C)CN[C@H](C)[C@@H](O)[C@]1(C)O. The molecule has 330 valence electrons. The van der Waals surface area contributed by atoms with Gasteiger partial charge in [-0.3, -0.25) is 4.79 Å². The van der Waals surface area contributed by atoms with Gasteiger partial charge in [-0.05, 0) is 94.3 Å². The second-order valence-corrected chi connectivity index (χ2v) is 18.1. The number of hydrogen-bond donors (Lipinski definition) is 6. The number of likely N-dealkylation sites (N-methyl/N-ethyl adjacent to an activating group) is 1. The predicted octanol–water partition coefficient (Wildman–Crippen LogP) is 1.22. The second-order valence-electron chi connectivity index (χ2n) is 18.1. The highest BCUT2D eigenvalue weighted by molar-refractivity contribution is 5.73. The van der Waals surface area contributed by atoms with Gasteiger partial charge in [0.15, 0.2) is 12.6 Å². The maximum absolute atomic E-state index is 14.3. The Labute approximate surface area is 338 Å². The highest BCUT2D eigenvalue weighted by Gasteiger charge is 2.59. The molecule has 0 saturated carbocycles. The fourth-order valence-electron chi connectivity index (χ4n) is 9.28. The van der Waals surface area contributed by atoms with Crippen molar-refractivity contribution in [1.29, 1.82) is 0 Å². The molecule has 3 aliphatic rings. The number of aromatic nitrogens is 3. The molecular formula is C40H73N5O12. The monoisotopic (exact) mass is 816 g/mol. The number of carbonyl (C=O) groups is 1. The number of rotatable bonds is 9. The summed E-state index contributed by atoms with van der Waals surface area (Å²) in [6, 6.07) is -0.902. The van der Waals surface area contributed by atoms with Crippen LogP contribution in [0.1, 0.15) is 94.9 Å². The molecular weight excluding hydrogens is 742 g/mol. The van der Waals surface area contributed by atoms with Gasteiger partial charge in [0.1, 0.15) is 35.1 Å². The molecule has 6 N–H and O–H groups in total. The number of nitrogens with zero attached hydrogens (tertiary/aromatic N) is 4. The summed E-state index contributed by atoms with van der Waals surface area (Å²) in [5, 5.41) is 70.6. The summed E-state index contributed by atoms with van der Waals surface area (Å²) in [6.07, 6.45) is -4.84. The first-order valence-electron chi connectivity index (χ1n) is 20.6. The Morgan fingerprint density at radius 2 is 1.68 bits per heavy atom. The number of carbonyl (C=O) groups excluding carboxylic acids is 1. The van der Waals surface area contributed by atoms with E-state index in [9.17, 15) is 30.3 Å². The highest BCUT2D eigenvalue weighted by atomic mass is 16.7. The van der Waals surface area contributed by atoms with Gasteiger partial charge in [-0.2, -0.15) is 0 Å². The molecule has 1 unspecified atom stereocenters. The molecule has 4 rings (SSSR count). The molecule has 0 aliphatic carbocycles. The number of cyclic esters (lactones) is 1. The van der Waals surface area contributed by atoms with Crippen LogP contribution >= 0.6 is 0 Å². The summed E-state index contributed by atoms with van der Waals surface area (Å²) >= 11 is 0. The normalized spacial score (nSPS) is 47.2. The van der Waals surface area contributed by atoms with Gasteiger partial charge in [-0.25, -0.2) is 4.68 Å². The second kappa shape index (κ2) is 18.8. The van der Waals surface area contributed by atoms with E-state index in [2.05, 4.69) is 15.6 Å². The summed E-state index contributed by atoms with van der Waals surface area (Å²) < 4.78 is 39.8. The van der Waals surface area contributed by atoms with Gasteiger partial charge < -0.3 is 64.2 Å². The fraction of sp³-hybridized carbons (Fsp3) is 0.925. The van der Waals surface area contributed by atoms with E-state index in [1.54, 1.807) is 54.7 Å². The Morgan fingerprint density at radius 1 is 1.02 bits per heavy atom. The molecule has 3 saturated heterocycles. The fourth-order valence-corrected chi connectivity index (χ4v) is 9.28. The topological polar surface area (TPSA) is 220 Å². The van der Waals surface area contributed by atoms with E-state index in [1.807, 2.05) is 32.8 Å². The Balaban J connectivity index is 1.80. The van der Waals surface area contributed by atoms with Gasteiger partial charge in [0.05, 0.1) is 48.7 Å². The van der Waals surface area contributed by atoms with Gasteiger partial charge in [0, 0.05) is 37.7 Å². The molecule has 0 spiro atoms. The van der Waals surface area contributed by atoms with Gasteiger partial charge in [-0.1, -0.05) is 26.0 Å². The average Bonchev–Trinajstić information content (AvgIpc) is 3.65. The zero-order valence-corrected chi connectivity index (χ0v) is 36.4.